The van der Waals surface area contributed by atoms with Gasteiger partial charge in [0.1, 0.15) is 0 Å². The molecule has 2 N–H and O–H groups in total. The fourth-order valence-corrected chi connectivity index (χ4v) is 2.37. The van der Waals surface area contributed by atoms with Crippen LogP contribution in [0.4, 0.5) is 0 Å². The molecular formula is C12H26N2O. The first-order chi connectivity index (χ1) is 7.26. The van der Waals surface area contributed by atoms with Crippen LogP contribution in [0.25, 0.3) is 0 Å². The third-order valence-electron chi connectivity index (χ3n) is 3.53. The van der Waals surface area contributed by atoms with Gasteiger partial charge in [0.2, 0.25) is 0 Å². The fraction of sp³-hybridized carbons (Fsp3) is 1.00. The van der Waals surface area contributed by atoms with Crippen molar-refractivity contribution in [3.8, 4) is 0 Å². The molecule has 0 amide bonds. The summed E-state index contributed by atoms with van der Waals surface area (Å²) < 4.78 is 5.43. The van der Waals surface area contributed by atoms with E-state index in [0.717, 1.165) is 45.7 Å². The Balaban J connectivity index is 2.49. The quantitative estimate of drug-likeness (QED) is 0.728. The minimum absolute atomic E-state index is 0.323. The lowest BCUT2D eigenvalue weighted by Crippen LogP contribution is -2.46. The molecular weight excluding hydrogens is 188 g/mol. The van der Waals surface area contributed by atoms with Crippen molar-refractivity contribution in [3.05, 3.63) is 0 Å². The molecule has 0 aromatic heterocycles. The average Bonchev–Trinajstić information content (AvgIpc) is 2.30. The van der Waals surface area contributed by atoms with E-state index >= 15 is 0 Å². The molecule has 3 heteroatoms. The molecule has 0 unspecified atom stereocenters. The molecule has 1 aliphatic heterocycles. The summed E-state index contributed by atoms with van der Waals surface area (Å²) in [7, 11) is 0. The summed E-state index contributed by atoms with van der Waals surface area (Å²) in [5.41, 5.74) is 6.28. The second-order valence-electron chi connectivity index (χ2n) is 4.69. The Labute approximate surface area is 94.0 Å². The van der Waals surface area contributed by atoms with E-state index in [2.05, 4.69) is 18.7 Å². The molecule has 1 aliphatic rings. The highest BCUT2D eigenvalue weighted by molar-refractivity contribution is 4.85. The maximum Gasteiger partial charge on any atom is 0.0472 e. The molecule has 0 bridgehead atoms. The molecule has 0 atom stereocenters. The third kappa shape index (κ3) is 3.74. The first-order valence-corrected chi connectivity index (χ1v) is 6.26. The Morgan fingerprint density at radius 3 is 2.40 bits per heavy atom. The van der Waals surface area contributed by atoms with Crippen molar-refractivity contribution in [2.24, 2.45) is 11.1 Å². The maximum atomic E-state index is 5.96. The van der Waals surface area contributed by atoms with E-state index in [1.54, 1.807) is 0 Å². The van der Waals surface area contributed by atoms with Gasteiger partial charge in [0.15, 0.2) is 0 Å². The Morgan fingerprint density at radius 1 is 1.27 bits per heavy atom. The Kier molecular flexibility index (Phi) is 5.58. The highest BCUT2D eigenvalue weighted by atomic mass is 16.5. The lowest BCUT2D eigenvalue weighted by molar-refractivity contribution is 0.000647. The van der Waals surface area contributed by atoms with Crippen molar-refractivity contribution in [3.63, 3.8) is 0 Å². The molecule has 0 radical (unpaired) electrons. The van der Waals surface area contributed by atoms with Gasteiger partial charge < -0.3 is 15.4 Å². The van der Waals surface area contributed by atoms with E-state index < -0.39 is 0 Å². The SMILES string of the molecule is CCCN(CC)CC1(CN)CCOCC1. The lowest BCUT2D eigenvalue weighted by atomic mass is 9.79. The number of hydrogen-bond acceptors (Lipinski definition) is 3. The molecule has 1 saturated heterocycles. The van der Waals surface area contributed by atoms with Crippen LogP contribution >= 0.6 is 0 Å². The summed E-state index contributed by atoms with van der Waals surface area (Å²) >= 11 is 0. The zero-order chi connectivity index (χ0) is 11.1. The van der Waals surface area contributed by atoms with Gasteiger partial charge in [-0.05, 0) is 44.3 Å². The van der Waals surface area contributed by atoms with Gasteiger partial charge >= 0.3 is 0 Å². The first kappa shape index (κ1) is 12.9. The number of nitrogens with zero attached hydrogens (tertiary/aromatic N) is 1. The van der Waals surface area contributed by atoms with Crippen molar-refractivity contribution in [2.45, 2.75) is 33.1 Å². The largest absolute Gasteiger partial charge is 0.381 e. The van der Waals surface area contributed by atoms with Gasteiger partial charge in [0.05, 0.1) is 0 Å². The van der Waals surface area contributed by atoms with Crippen LogP contribution < -0.4 is 5.73 Å². The second-order valence-corrected chi connectivity index (χ2v) is 4.69. The van der Waals surface area contributed by atoms with Crippen LogP contribution in [0.1, 0.15) is 33.1 Å². The number of ether oxygens (including phenoxy) is 1. The monoisotopic (exact) mass is 214 g/mol. The minimum Gasteiger partial charge on any atom is -0.381 e. The van der Waals surface area contributed by atoms with Crippen LogP contribution in [0.5, 0.6) is 0 Å². The van der Waals surface area contributed by atoms with Crippen LogP contribution in [0, 0.1) is 5.41 Å². The first-order valence-electron chi connectivity index (χ1n) is 6.26. The van der Waals surface area contributed by atoms with E-state index in [4.69, 9.17) is 10.5 Å². The van der Waals surface area contributed by atoms with Crippen molar-refractivity contribution < 1.29 is 4.74 Å². The zero-order valence-corrected chi connectivity index (χ0v) is 10.3. The maximum absolute atomic E-state index is 5.96. The summed E-state index contributed by atoms with van der Waals surface area (Å²) in [6.45, 7) is 10.5. The van der Waals surface area contributed by atoms with Gasteiger partial charge in [-0.15, -0.1) is 0 Å². The highest BCUT2D eigenvalue weighted by Crippen LogP contribution is 2.30. The Morgan fingerprint density at radius 2 is 1.93 bits per heavy atom. The van der Waals surface area contributed by atoms with Gasteiger partial charge in [-0.3, -0.25) is 0 Å². The molecule has 15 heavy (non-hydrogen) atoms. The zero-order valence-electron chi connectivity index (χ0n) is 10.3. The minimum atomic E-state index is 0.323. The van der Waals surface area contributed by atoms with Crippen LogP contribution in [0.15, 0.2) is 0 Å². The number of hydrogen-bond donors (Lipinski definition) is 1. The highest BCUT2D eigenvalue weighted by Gasteiger charge is 2.32. The van der Waals surface area contributed by atoms with Crippen LogP contribution in [-0.4, -0.2) is 44.3 Å². The van der Waals surface area contributed by atoms with Gasteiger partial charge in [0.25, 0.3) is 0 Å². The predicted molar refractivity (Wildman–Crippen MR) is 63.9 cm³/mol. The van der Waals surface area contributed by atoms with Crippen molar-refractivity contribution in [2.75, 3.05) is 39.4 Å². The van der Waals surface area contributed by atoms with Gasteiger partial charge in [-0.1, -0.05) is 13.8 Å². The van der Waals surface area contributed by atoms with Gasteiger partial charge in [0, 0.05) is 19.8 Å². The second kappa shape index (κ2) is 6.46. The van der Waals surface area contributed by atoms with Crippen molar-refractivity contribution in [1.29, 1.82) is 0 Å². The van der Waals surface area contributed by atoms with Gasteiger partial charge in [-0.25, -0.2) is 0 Å². The molecule has 1 rings (SSSR count). The van der Waals surface area contributed by atoms with E-state index in [9.17, 15) is 0 Å². The van der Waals surface area contributed by atoms with Crippen LogP contribution in [-0.2, 0) is 4.74 Å². The van der Waals surface area contributed by atoms with E-state index in [0.29, 0.717) is 5.41 Å². The van der Waals surface area contributed by atoms with E-state index in [-0.39, 0.29) is 0 Å². The van der Waals surface area contributed by atoms with Crippen molar-refractivity contribution in [1.82, 2.24) is 4.90 Å². The topological polar surface area (TPSA) is 38.5 Å². The average molecular weight is 214 g/mol. The fourth-order valence-electron chi connectivity index (χ4n) is 2.37. The Hall–Kier alpha value is -0.120. The predicted octanol–water partition coefficient (Wildman–Crippen LogP) is 1.47. The summed E-state index contributed by atoms with van der Waals surface area (Å²) in [4.78, 5) is 2.53. The summed E-state index contributed by atoms with van der Waals surface area (Å²) in [6.07, 6.45) is 3.48. The standard InChI is InChI=1S/C12H26N2O/c1-3-7-14(4-2)11-12(10-13)5-8-15-9-6-12/h3-11,13H2,1-2H3. The van der Waals surface area contributed by atoms with Gasteiger partial charge in [-0.2, -0.15) is 0 Å². The van der Waals surface area contributed by atoms with Crippen LogP contribution in [0.3, 0.4) is 0 Å². The lowest BCUT2D eigenvalue weighted by Gasteiger charge is -2.40. The summed E-state index contributed by atoms with van der Waals surface area (Å²) in [5, 5.41) is 0. The summed E-state index contributed by atoms with van der Waals surface area (Å²) in [5.74, 6) is 0. The normalized spacial score (nSPS) is 20.8. The number of nitrogens with two attached hydrogens (primary N) is 1. The molecule has 90 valence electrons. The smallest absolute Gasteiger partial charge is 0.0472 e. The molecule has 0 aromatic rings. The molecule has 0 aromatic carbocycles. The summed E-state index contributed by atoms with van der Waals surface area (Å²) in [6, 6.07) is 0. The van der Waals surface area contributed by atoms with E-state index in [1.165, 1.54) is 13.0 Å². The van der Waals surface area contributed by atoms with E-state index in [1.807, 2.05) is 0 Å². The number of rotatable bonds is 6. The molecule has 0 saturated carbocycles. The molecule has 0 spiro atoms. The Bertz CT molecular complexity index is 167. The molecule has 3 nitrogen and oxygen atoms in total. The van der Waals surface area contributed by atoms with Crippen molar-refractivity contribution >= 4 is 0 Å². The van der Waals surface area contributed by atoms with Crippen LogP contribution in [0.2, 0.25) is 0 Å². The molecule has 1 fully saturated rings. The molecule has 1 heterocycles. The molecule has 0 aliphatic carbocycles. The third-order valence-corrected chi connectivity index (χ3v) is 3.53.